The van der Waals surface area contributed by atoms with E-state index in [1.807, 2.05) is 11.8 Å². The van der Waals surface area contributed by atoms with Crippen molar-refractivity contribution in [3.63, 3.8) is 0 Å². The smallest absolute Gasteiger partial charge is 0.159 e. The van der Waals surface area contributed by atoms with Gasteiger partial charge >= 0.3 is 0 Å². The molecule has 0 aliphatic carbocycles. The highest BCUT2D eigenvalue weighted by Gasteiger charge is 2.42. The summed E-state index contributed by atoms with van der Waals surface area (Å²) in [6, 6.07) is 3.72. The number of nitrogens with two attached hydrogens (primary N) is 1. The Balaban J connectivity index is 1.75. The normalized spacial score (nSPS) is 31.6. The lowest BCUT2D eigenvalue weighted by molar-refractivity contribution is -0.0834. The molecular formula is C15H19F2NOS. The summed E-state index contributed by atoms with van der Waals surface area (Å²) in [6.07, 6.45) is 2.87. The van der Waals surface area contributed by atoms with Gasteiger partial charge in [-0.2, -0.15) is 11.8 Å². The van der Waals surface area contributed by atoms with E-state index in [4.69, 9.17) is 10.5 Å². The van der Waals surface area contributed by atoms with E-state index in [0.29, 0.717) is 12.2 Å². The van der Waals surface area contributed by atoms with E-state index in [2.05, 4.69) is 0 Å². The Morgan fingerprint density at radius 3 is 2.90 bits per heavy atom. The van der Waals surface area contributed by atoms with Gasteiger partial charge in [0.15, 0.2) is 11.6 Å². The van der Waals surface area contributed by atoms with Gasteiger partial charge in [0, 0.05) is 18.4 Å². The van der Waals surface area contributed by atoms with Crippen LogP contribution in [0.25, 0.3) is 0 Å². The van der Waals surface area contributed by atoms with E-state index in [-0.39, 0.29) is 17.6 Å². The molecule has 1 spiro atoms. The molecule has 2 fully saturated rings. The largest absolute Gasteiger partial charge is 0.374 e. The molecule has 2 N–H and O–H groups in total. The van der Waals surface area contributed by atoms with Crippen LogP contribution in [0.2, 0.25) is 0 Å². The second kappa shape index (κ2) is 5.62. The molecule has 2 nitrogen and oxygen atoms in total. The molecule has 2 aliphatic heterocycles. The third-order valence-corrected chi connectivity index (χ3v) is 5.66. The minimum Gasteiger partial charge on any atom is -0.374 e. The summed E-state index contributed by atoms with van der Waals surface area (Å²) < 4.78 is 32.3. The van der Waals surface area contributed by atoms with Crippen molar-refractivity contribution in [2.24, 2.45) is 11.7 Å². The Hall–Kier alpha value is -0.650. The molecule has 1 aromatic carbocycles. The molecule has 5 heteroatoms. The Morgan fingerprint density at radius 2 is 2.20 bits per heavy atom. The number of hydrogen-bond donors (Lipinski definition) is 1. The molecule has 20 heavy (non-hydrogen) atoms. The SMILES string of the molecule is NC(c1ccc(F)c(F)c1)C1CCOC2(CCSC2)C1. The van der Waals surface area contributed by atoms with E-state index in [0.717, 1.165) is 36.8 Å². The topological polar surface area (TPSA) is 35.2 Å². The summed E-state index contributed by atoms with van der Waals surface area (Å²) >= 11 is 1.92. The van der Waals surface area contributed by atoms with Gasteiger partial charge in [-0.25, -0.2) is 8.78 Å². The highest BCUT2D eigenvalue weighted by Crippen LogP contribution is 2.43. The maximum absolute atomic E-state index is 13.3. The van der Waals surface area contributed by atoms with Crippen LogP contribution in [0.5, 0.6) is 0 Å². The summed E-state index contributed by atoms with van der Waals surface area (Å²) in [5.74, 6) is 0.779. The number of thioether (sulfide) groups is 1. The first kappa shape index (κ1) is 14.3. The lowest BCUT2D eigenvalue weighted by Gasteiger charge is -2.40. The van der Waals surface area contributed by atoms with Crippen LogP contribution < -0.4 is 5.73 Å². The lowest BCUT2D eigenvalue weighted by atomic mass is 9.79. The van der Waals surface area contributed by atoms with Crippen molar-refractivity contribution in [2.45, 2.75) is 30.9 Å². The number of benzene rings is 1. The number of rotatable bonds is 2. The van der Waals surface area contributed by atoms with E-state index in [9.17, 15) is 8.78 Å². The van der Waals surface area contributed by atoms with Gasteiger partial charge in [-0.3, -0.25) is 0 Å². The number of hydrogen-bond acceptors (Lipinski definition) is 3. The summed E-state index contributed by atoms with van der Waals surface area (Å²) in [7, 11) is 0. The van der Waals surface area contributed by atoms with Crippen LogP contribution in [-0.4, -0.2) is 23.7 Å². The van der Waals surface area contributed by atoms with Crippen molar-refractivity contribution in [1.82, 2.24) is 0 Å². The third kappa shape index (κ3) is 2.71. The molecule has 3 unspecified atom stereocenters. The van der Waals surface area contributed by atoms with Gasteiger partial charge in [-0.05, 0) is 48.6 Å². The second-order valence-electron chi connectivity index (χ2n) is 5.79. The lowest BCUT2D eigenvalue weighted by Crippen LogP contribution is -2.42. The minimum atomic E-state index is -0.823. The zero-order valence-electron chi connectivity index (χ0n) is 11.3. The predicted octanol–water partition coefficient (Wildman–Crippen LogP) is 3.27. The zero-order valence-corrected chi connectivity index (χ0v) is 12.1. The van der Waals surface area contributed by atoms with Gasteiger partial charge in [-0.1, -0.05) is 6.07 Å². The van der Waals surface area contributed by atoms with Gasteiger partial charge in [-0.15, -0.1) is 0 Å². The van der Waals surface area contributed by atoms with E-state index in [1.165, 1.54) is 6.07 Å². The zero-order chi connectivity index (χ0) is 14.2. The quantitative estimate of drug-likeness (QED) is 0.910. The molecule has 1 aromatic rings. The first-order valence-corrected chi connectivity index (χ1v) is 8.17. The molecular weight excluding hydrogens is 280 g/mol. The molecule has 3 atom stereocenters. The monoisotopic (exact) mass is 299 g/mol. The van der Waals surface area contributed by atoms with Gasteiger partial charge in [0.2, 0.25) is 0 Å². The van der Waals surface area contributed by atoms with Gasteiger partial charge in [0.1, 0.15) is 0 Å². The van der Waals surface area contributed by atoms with Crippen LogP contribution in [0.3, 0.4) is 0 Å². The molecule has 2 aliphatic rings. The first-order chi connectivity index (χ1) is 9.60. The van der Waals surface area contributed by atoms with Crippen molar-refractivity contribution in [3.05, 3.63) is 35.4 Å². The molecule has 3 rings (SSSR count). The fourth-order valence-electron chi connectivity index (χ4n) is 3.23. The van der Waals surface area contributed by atoms with Crippen molar-refractivity contribution in [1.29, 1.82) is 0 Å². The molecule has 110 valence electrons. The van der Waals surface area contributed by atoms with Gasteiger partial charge in [0.25, 0.3) is 0 Å². The van der Waals surface area contributed by atoms with Crippen LogP contribution in [0.1, 0.15) is 30.9 Å². The average Bonchev–Trinajstić information content (AvgIpc) is 2.89. The Kier molecular flexibility index (Phi) is 4.02. The summed E-state index contributed by atoms with van der Waals surface area (Å²) in [5, 5.41) is 0. The predicted molar refractivity (Wildman–Crippen MR) is 76.6 cm³/mol. The molecule has 2 heterocycles. The Labute approximate surface area is 122 Å². The maximum Gasteiger partial charge on any atom is 0.159 e. The highest BCUT2D eigenvalue weighted by molar-refractivity contribution is 7.99. The van der Waals surface area contributed by atoms with E-state index >= 15 is 0 Å². The van der Waals surface area contributed by atoms with Crippen molar-refractivity contribution >= 4 is 11.8 Å². The van der Waals surface area contributed by atoms with E-state index < -0.39 is 11.6 Å². The minimum absolute atomic E-state index is 0.0379. The summed E-state index contributed by atoms with van der Waals surface area (Å²) in [5.41, 5.74) is 6.93. The van der Waals surface area contributed by atoms with Gasteiger partial charge < -0.3 is 10.5 Å². The summed E-state index contributed by atoms with van der Waals surface area (Å²) in [6.45, 7) is 0.711. The van der Waals surface area contributed by atoms with Crippen molar-refractivity contribution in [3.8, 4) is 0 Å². The molecule has 0 bridgehead atoms. The van der Waals surface area contributed by atoms with Crippen LogP contribution in [-0.2, 0) is 4.74 Å². The fraction of sp³-hybridized carbons (Fsp3) is 0.600. The standard InChI is InChI=1S/C15H19F2NOS/c16-12-2-1-10(7-13(12)17)14(18)11-3-5-19-15(8-11)4-6-20-9-15/h1-2,7,11,14H,3-6,8-9,18H2. The van der Waals surface area contributed by atoms with Crippen LogP contribution >= 0.6 is 11.8 Å². The molecule has 0 saturated carbocycles. The van der Waals surface area contributed by atoms with Crippen LogP contribution in [0, 0.1) is 17.6 Å². The van der Waals surface area contributed by atoms with Crippen molar-refractivity contribution < 1.29 is 13.5 Å². The number of ether oxygens (including phenoxy) is 1. The second-order valence-corrected chi connectivity index (χ2v) is 6.89. The number of halogens is 2. The average molecular weight is 299 g/mol. The molecule has 0 radical (unpaired) electrons. The molecule has 0 aromatic heterocycles. The van der Waals surface area contributed by atoms with Gasteiger partial charge in [0.05, 0.1) is 5.60 Å². The Bertz CT molecular complexity index is 491. The molecule has 0 amide bonds. The van der Waals surface area contributed by atoms with Crippen LogP contribution in [0.4, 0.5) is 8.78 Å². The Morgan fingerprint density at radius 1 is 1.35 bits per heavy atom. The van der Waals surface area contributed by atoms with Crippen molar-refractivity contribution in [2.75, 3.05) is 18.1 Å². The first-order valence-electron chi connectivity index (χ1n) is 7.02. The summed E-state index contributed by atoms with van der Waals surface area (Å²) in [4.78, 5) is 0. The molecule has 2 saturated heterocycles. The third-order valence-electron chi connectivity index (χ3n) is 4.43. The van der Waals surface area contributed by atoms with E-state index in [1.54, 1.807) is 6.07 Å². The highest BCUT2D eigenvalue weighted by atomic mass is 32.2. The van der Waals surface area contributed by atoms with Crippen LogP contribution in [0.15, 0.2) is 18.2 Å². The fourth-order valence-corrected chi connectivity index (χ4v) is 4.61. The maximum atomic E-state index is 13.3.